The highest BCUT2D eigenvalue weighted by Crippen LogP contribution is 2.36. The van der Waals surface area contributed by atoms with E-state index in [2.05, 4.69) is 31.8 Å². The van der Waals surface area contributed by atoms with Crippen LogP contribution in [-0.4, -0.2) is 29.0 Å². The Balaban J connectivity index is 1.48. The van der Waals surface area contributed by atoms with Crippen LogP contribution in [0.25, 0.3) is 0 Å². The van der Waals surface area contributed by atoms with Crippen LogP contribution in [0.2, 0.25) is 0 Å². The zero-order chi connectivity index (χ0) is 17.0. The topological polar surface area (TPSA) is 95.8 Å². The summed E-state index contributed by atoms with van der Waals surface area (Å²) in [5.41, 5.74) is 0.0554. The SMILES string of the molecule is C#CCCC1(CCNC(=O)c2ccnc(NC(=O)C3CC3)c2)N=N1. The molecule has 1 aromatic rings. The Hall–Kier alpha value is -2.75. The van der Waals surface area contributed by atoms with Gasteiger partial charge in [0.25, 0.3) is 5.91 Å². The van der Waals surface area contributed by atoms with Gasteiger partial charge in [-0.15, -0.1) is 12.3 Å². The molecular weight excluding hydrogens is 306 g/mol. The van der Waals surface area contributed by atoms with E-state index in [1.54, 1.807) is 12.1 Å². The molecule has 2 aliphatic rings. The Morgan fingerprint density at radius 2 is 2.12 bits per heavy atom. The summed E-state index contributed by atoms with van der Waals surface area (Å²) in [5.74, 6) is 2.82. The third-order valence-corrected chi connectivity index (χ3v) is 4.09. The summed E-state index contributed by atoms with van der Waals surface area (Å²) in [4.78, 5) is 28.0. The van der Waals surface area contributed by atoms with E-state index < -0.39 is 5.66 Å². The van der Waals surface area contributed by atoms with E-state index in [0.717, 1.165) is 12.8 Å². The molecule has 1 saturated carbocycles. The Morgan fingerprint density at radius 1 is 1.33 bits per heavy atom. The second-order valence-electron chi connectivity index (χ2n) is 6.09. The summed E-state index contributed by atoms with van der Waals surface area (Å²) in [6.07, 6.45) is 10.6. The van der Waals surface area contributed by atoms with Crippen LogP contribution in [0.15, 0.2) is 28.6 Å². The summed E-state index contributed by atoms with van der Waals surface area (Å²) in [6.45, 7) is 0.461. The molecule has 0 bridgehead atoms. The summed E-state index contributed by atoms with van der Waals surface area (Å²) >= 11 is 0. The van der Waals surface area contributed by atoms with Gasteiger partial charge in [-0.25, -0.2) is 4.98 Å². The molecule has 24 heavy (non-hydrogen) atoms. The van der Waals surface area contributed by atoms with Crippen molar-refractivity contribution in [2.75, 3.05) is 11.9 Å². The van der Waals surface area contributed by atoms with Crippen molar-refractivity contribution in [3.63, 3.8) is 0 Å². The minimum absolute atomic E-state index is 0.0348. The fourth-order valence-electron chi connectivity index (χ4n) is 2.36. The third kappa shape index (κ3) is 4.16. The summed E-state index contributed by atoms with van der Waals surface area (Å²) in [7, 11) is 0. The predicted octanol–water partition coefficient (Wildman–Crippen LogP) is 2.13. The van der Waals surface area contributed by atoms with Crippen LogP contribution in [0.1, 0.15) is 42.5 Å². The van der Waals surface area contributed by atoms with E-state index in [0.29, 0.717) is 37.2 Å². The van der Waals surface area contributed by atoms with E-state index in [9.17, 15) is 9.59 Å². The van der Waals surface area contributed by atoms with Crippen LogP contribution in [0.3, 0.4) is 0 Å². The van der Waals surface area contributed by atoms with Crippen molar-refractivity contribution in [2.24, 2.45) is 16.1 Å². The molecule has 124 valence electrons. The van der Waals surface area contributed by atoms with E-state index >= 15 is 0 Å². The minimum atomic E-state index is -0.401. The molecule has 1 aliphatic carbocycles. The van der Waals surface area contributed by atoms with Gasteiger partial charge < -0.3 is 10.6 Å². The molecule has 1 aliphatic heterocycles. The molecule has 0 radical (unpaired) electrons. The second-order valence-corrected chi connectivity index (χ2v) is 6.09. The van der Waals surface area contributed by atoms with Gasteiger partial charge in [-0.05, 0) is 25.0 Å². The molecule has 1 fully saturated rings. The number of carbonyl (C=O) groups excluding carboxylic acids is 2. The predicted molar refractivity (Wildman–Crippen MR) is 88.2 cm³/mol. The van der Waals surface area contributed by atoms with E-state index in [1.165, 1.54) is 6.20 Å². The van der Waals surface area contributed by atoms with Crippen molar-refractivity contribution < 1.29 is 9.59 Å². The van der Waals surface area contributed by atoms with Gasteiger partial charge in [0.1, 0.15) is 5.82 Å². The molecule has 2 heterocycles. The second kappa shape index (κ2) is 6.79. The first kappa shape index (κ1) is 16.1. The summed E-state index contributed by atoms with van der Waals surface area (Å²) < 4.78 is 0. The third-order valence-electron chi connectivity index (χ3n) is 4.09. The Morgan fingerprint density at radius 3 is 2.79 bits per heavy atom. The molecule has 0 spiro atoms. The number of hydrogen-bond donors (Lipinski definition) is 2. The van der Waals surface area contributed by atoms with Gasteiger partial charge in [0.2, 0.25) is 5.91 Å². The molecule has 2 amide bonds. The van der Waals surface area contributed by atoms with Crippen molar-refractivity contribution in [3.05, 3.63) is 23.9 Å². The first-order valence-corrected chi connectivity index (χ1v) is 8.04. The maximum Gasteiger partial charge on any atom is 0.251 e. The van der Waals surface area contributed by atoms with Crippen LogP contribution in [0, 0.1) is 18.3 Å². The van der Waals surface area contributed by atoms with Crippen LogP contribution in [0.4, 0.5) is 5.82 Å². The fourth-order valence-corrected chi connectivity index (χ4v) is 2.36. The Kier molecular flexibility index (Phi) is 4.56. The number of amides is 2. The van der Waals surface area contributed by atoms with Gasteiger partial charge in [0.15, 0.2) is 5.66 Å². The van der Waals surface area contributed by atoms with Crippen molar-refractivity contribution >= 4 is 17.6 Å². The number of hydrogen-bond acceptors (Lipinski definition) is 5. The van der Waals surface area contributed by atoms with Crippen molar-refractivity contribution in [2.45, 2.75) is 37.8 Å². The first-order chi connectivity index (χ1) is 11.6. The number of carbonyl (C=O) groups is 2. The average molecular weight is 325 g/mol. The quantitative estimate of drug-likeness (QED) is 0.717. The van der Waals surface area contributed by atoms with Gasteiger partial charge in [-0.1, -0.05) is 0 Å². The van der Waals surface area contributed by atoms with Gasteiger partial charge in [0, 0.05) is 43.5 Å². The zero-order valence-electron chi connectivity index (χ0n) is 13.3. The van der Waals surface area contributed by atoms with E-state index in [4.69, 9.17) is 6.42 Å². The zero-order valence-corrected chi connectivity index (χ0v) is 13.3. The van der Waals surface area contributed by atoms with Crippen LogP contribution < -0.4 is 10.6 Å². The lowest BCUT2D eigenvalue weighted by Crippen LogP contribution is -2.28. The maximum absolute atomic E-state index is 12.2. The lowest BCUT2D eigenvalue weighted by Gasteiger charge is -2.10. The highest BCUT2D eigenvalue weighted by molar-refractivity contribution is 5.97. The highest BCUT2D eigenvalue weighted by atomic mass is 16.2. The number of nitrogens with one attached hydrogen (secondary N) is 2. The normalized spacial score (nSPS) is 17.0. The number of terminal acetylenes is 1. The molecule has 3 rings (SSSR count). The number of rotatable bonds is 8. The molecule has 0 aromatic carbocycles. The number of nitrogens with zero attached hydrogens (tertiary/aromatic N) is 3. The minimum Gasteiger partial charge on any atom is -0.352 e. The maximum atomic E-state index is 12.2. The van der Waals surface area contributed by atoms with Gasteiger partial charge in [-0.3, -0.25) is 9.59 Å². The molecular formula is C17H19N5O2. The standard InChI is InChI=1S/C17H19N5O2/c1-2-3-7-17(21-22-17)8-10-19-15(23)13-6-9-18-14(11-13)20-16(24)12-4-5-12/h1,6,9,11-12H,3-5,7-8,10H2,(H,19,23)(H,18,20,24). The van der Waals surface area contributed by atoms with Crippen molar-refractivity contribution in [3.8, 4) is 12.3 Å². The molecule has 7 heteroatoms. The van der Waals surface area contributed by atoms with Crippen LogP contribution in [-0.2, 0) is 4.79 Å². The summed E-state index contributed by atoms with van der Waals surface area (Å²) in [5, 5.41) is 13.6. The van der Waals surface area contributed by atoms with Crippen LogP contribution in [0.5, 0.6) is 0 Å². The van der Waals surface area contributed by atoms with Gasteiger partial charge >= 0.3 is 0 Å². The number of pyridine rings is 1. The van der Waals surface area contributed by atoms with Crippen molar-refractivity contribution in [1.29, 1.82) is 0 Å². The number of anilines is 1. The lowest BCUT2D eigenvalue weighted by molar-refractivity contribution is -0.117. The lowest BCUT2D eigenvalue weighted by atomic mass is 10.0. The molecule has 0 atom stereocenters. The molecule has 0 unspecified atom stereocenters. The Labute approximate surface area is 140 Å². The first-order valence-electron chi connectivity index (χ1n) is 8.04. The fraction of sp³-hybridized carbons (Fsp3) is 0.471. The molecule has 0 saturated heterocycles. The molecule has 7 nitrogen and oxygen atoms in total. The van der Waals surface area contributed by atoms with E-state index in [-0.39, 0.29) is 17.7 Å². The highest BCUT2D eigenvalue weighted by Gasteiger charge is 2.38. The Bertz CT molecular complexity index is 712. The van der Waals surface area contributed by atoms with Crippen molar-refractivity contribution in [1.82, 2.24) is 10.3 Å². The molecule has 2 N–H and O–H groups in total. The largest absolute Gasteiger partial charge is 0.352 e. The van der Waals surface area contributed by atoms with Gasteiger partial charge in [0.05, 0.1) is 0 Å². The average Bonchev–Trinajstić information content (AvgIpc) is 3.47. The summed E-state index contributed by atoms with van der Waals surface area (Å²) in [6, 6.07) is 3.19. The monoisotopic (exact) mass is 325 g/mol. The van der Waals surface area contributed by atoms with E-state index in [1.807, 2.05) is 0 Å². The molecule has 1 aromatic heterocycles. The van der Waals surface area contributed by atoms with Gasteiger partial charge in [-0.2, -0.15) is 10.2 Å². The smallest absolute Gasteiger partial charge is 0.251 e. The van der Waals surface area contributed by atoms with Crippen LogP contribution >= 0.6 is 0 Å². The number of aromatic nitrogens is 1.